The van der Waals surface area contributed by atoms with Crippen LogP contribution in [0.2, 0.25) is 0 Å². The van der Waals surface area contributed by atoms with E-state index >= 15 is 0 Å². The van der Waals surface area contributed by atoms with Gasteiger partial charge < -0.3 is 14.4 Å². The van der Waals surface area contributed by atoms with Crippen LogP contribution in [0.1, 0.15) is 43.5 Å². The van der Waals surface area contributed by atoms with Crippen molar-refractivity contribution >= 4 is 5.91 Å². The molecule has 0 spiro atoms. The molecule has 3 rings (SSSR count). The van der Waals surface area contributed by atoms with Gasteiger partial charge in [0.15, 0.2) is 6.61 Å². The van der Waals surface area contributed by atoms with E-state index in [0.717, 1.165) is 19.3 Å². The first kappa shape index (κ1) is 15.8. The van der Waals surface area contributed by atoms with Gasteiger partial charge in [-0.15, -0.1) is 0 Å². The maximum Gasteiger partial charge on any atom is 0.258 e. The molecule has 2 aliphatic rings. The smallest absolute Gasteiger partial charge is 0.258 e. The lowest BCUT2D eigenvalue weighted by molar-refractivity contribution is -0.142. The molecule has 0 radical (unpaired) electrons. The summed E-state index contributed by atoms with van der Waals surface area (Å²) in [5.74, 6) is 0.435. The summed E-state index contributed by atoms with van der Waals surface area (Å²) >= 11 is 0. The van der Waals surface area contributed by atoms with Crippen molar-refractivity contribution < 1.29 is 14.3 Å². The van der Waals surface area contributed by atoms with Crippen molar-refractivity contribution in [3.63, 3.8) is 0 Å². The van der Waals surface area contributed by atoms with Gasteiger partial charge in [0.1, 0.15) is 11.8 Å². The van der Waals surface area contributed by atoms with Crippen LogP contribution in [-0.4, -0.2) is 41.7 Å². The van der Waals surface area contributed by atoms with Gasteiger partial charge in [-0.2, -0.15) is 5.26 Å². The monoisotopic (exact) mass is 314 g/mol. The Hall–Kier alpha value is -2.06. The average Bonchev–Trinajstić information content (AvgIpc) is 2.98. The van der Waals surface area contributed by atoms with E-state index in [1.807, 2.05) is 36.9 Å². The van der Waals surface area contributed by atoms with Crippen LogP contribution >= 0.6 is 0 Å². The summed E-state index contributed by atoms with van der Waals surface area (Å²) in [5.41, 5.74) is 0.176. The van der Waals surface area contributed by atoms with E-state index in [9.17, 15) is 4.79 Å². The molecule has 1 aromatic carbocycles. The zero-order valence-corrected chi connectivity index (χ0v) is 13.6. The highest BCUT2D eigenvalue weighted by molar-refractivity contribution is 5.97. The van der Waals surface area contributed by atoms with Crippen molar-refractivity contribution in [3.8, 4) is 11.8 Å². The van der Waals surface area contributed by atoms with E-state index in [1.54, 1.807) is 12.1 Å². The lowest BCUT2D eigenvalue weighted by atomic mass is 9.99. The van der Waals surface area contributed by atoms with Crippen LogP contribution in [0.4, 0.5) is 0 Å². The second kappa shape index (κ2) is 6.21. The number of carbonyl (C=O) groups excluding carboxylic acids is 1. The van der Waals surface area contributed by atoms with E-state index in [2.05, 4.69) is 0 Å². The van der Waals surface area contributed by atoms with Crippen molar-refractivity contribution in [2.24, 2.45) is 0 Å². The highest BCUT2D eigenvalue weighted by Crippen LogP contribution is 2.37. The zero-order chi connectivity index (χ0) is 16.4. The summed E-state index contributed by atoms with van der Waals surface area (Å²) in [6, 6.07) is 9.22. The highest BCUT2D eigenvalue weighted by atomic mass is 16.5. The molecule has 1 aromatic rings. The summed E-state index contributed by atoms with van der Waals surface area (Å²) < 4.78 is 11.6. The third-order valence-electron chi connectivity index (χ3n) is 4.51. The Kier molecular flexibility index (Phi) is 4.27. The Bertz CT molecular complexity index is 635. The number of fused-ring (bicyclic) bond motifs is 1. The first-order valence-electron chi connectivity index (χ1n) is 8.09. The fraction of sp³-hybridized carbons (Fsp3) is 0.556. The molecular weight excluding hydrogens is 292 g/mol. The van der Waals surface area contributed by atoms with Crippen LogP contribution in [-0.2, 0) is 4.74 Å². The second-order valence-electron chi connectivity index (χ2n) is 6.79. The number of hydrogen-bond donors (Lipinski definition) is 0. The molecule has 1 aliphatic carbocycles. The van der Waals surface area contributed by atoms with Gasteiger partial charge in [0.05, 0.1) is 23.3 Å². The predicted octanol–water partition coefficient (Wildman–Crippen LogP) is 2.76. The van der Waals surface area contributed by atoms with Crippen molar-refractivity contribution in [1.82, 2.24) is 4.90 Å². The van der Waals surface area contributed by atoms with Gasteiger partial charge in [-0.05, 0) is 45.2 Å². The third-order valence-corrected chi connectivity index (χ3v) is 4.51. The van der Waals surface area contributed by atoms with E-state index in [0.29, 0.717) is 17.9 Å². The number of hydrogen-bond acceptors (Lipinski definition) is 4. The number of para-hydroxylation sites is 1. The Labute approximate surface area is 136 Å². The molecule has 5 heteroatoms. The molecule has 1 amide bonds. The SMILES string of the molecule is CC1(C)CN(C(=O)c2ccccc2OCC#N)[C@@H]2CCC[C@H]2O1. The molecule has 1 aliphatic heterocycles. The lowest BCUT2D eigenvalue weighted by Gasteiger charge is -2.46. The van der Waals surface area contributed by atoms with Crippen LogP contribution in [0.15, 0.2) is 24.3 Å². The Balaban J connectivity index is 1.88. The molecule has 0 bridgehead atoms. The summed E-state index contributed by atoms with van der Waals surface area (Å²) in [6.45, 7) is 4.56. The van der Waals surface area contributed by atoms with Crippen LogP contribution in [0.25, 0.3) is 0 Å². The molecular formula is C18H22N2O3. The lowest BCUT2D eigenvalue weighted by Crippen LogP contribution is -2.58. The first-order chi connectivity index (χ1) is 11.0. The van der Waals surface area contributed by atoms with Crippen LogP contribution < -0.4 is 4.74 Å². The van der Waals surface area contributed by atoms with E-state index in [-0.39, 0.29) is 30.3 Å². The van der Waals surface area contributed by atoms with Gasteiger partial charge in [-0.3, -0.25) is 4.79 Å². The van der Waals surface area contributed by atoms with E-state index in [4.69, 9.17) is 14.7 Å². The second-order valence-corrected chi connectivity index (χ2v) is 6.79. The Morgan fingerprint density at radius 2 is 2.22 bits per heavy atom. The first-order valence-corrected chi connectivity index (χ1v) is 8.09. The van der Waals surface area contributed by atoms with Gasteiger partial charge in [0.2, 0.25) is 0 Å². The molecule has 1 saturated carbocycles. The Morgan fingerprint density at radius 3 is 3.00 bits per heavy atom. The number of carbonyl (C=O) groups is 1. The summed E-state index contributed by atoms with van der Waals surface area (Å²) in [7, 11) is 0. The van der Waals surface area contributed by atoms with Crippen molar-refractivity contribution in [3.05, 3.63) is 29.8 Å². The fourth-order valence-corrected chi connectivity index (χ4v) is 3.63. The normalized spacial score (nSPS) is 25.5. The number of ether oxygens (including phenoxy) is 2. The van der Waals surface area contributed by atoms with Crippen molar-refractivity contribution in [2.75, 3.05) is 13.2 Å². The van der Waals surface area contributed by atoms with Crippen molar-refractivity contribution in [1.29, 1.82) is 5.26 Å². The minimum Gasteiger partial charge on any atom is -0.478 e. The topological polar surface area (TPSA) is 62.6 Å². The van der Waals surface area contributed by atoms with Crippen molar-refractivity contribution in [2.45, 2.75) is 50.9 Å². The number of benzene rings is 1. The number of nitrogens with zero attached hydrogens (tertiary/aromatic N) is 2. The zero-order valence-electron chi connectivity index (χ0n) is 13.6. The van der Waals surface area contributed by atoms with Crippen LogP contribution in [0, 0.1) is 11.3 Å². The molecule has 5 nitrogen and oxygen atoms in total. The van der Waals surface area contributed by atoms with Gasteiger partial charge in [0.25, 0.3) is 5.91 Å². The quantitative estimate of drug-likeness (QED) is 0.860. The fourth-order valence-electron chi connectivity index (χ4n) is 3.63. The molecule has 0 aromatic heterocycles. The van der Waals surface area contributed by atoms with E-state index in [1.165, 1.54) is 0 Å². The average molecular weight is 314 g/mol. The largest absolute Gasteiger partial charge is 0.478 e. The third kappa shape index (κ3) is 3.18. The number of morpholine rings is 1. The maximum absolute atomic E-state index is 13.1. The summed E-state index contributed by atoms with van der Waals surface area (Å²) in [5, 5.41) is 8.71. The van der Waals surface area contributed by atoms with Crippen LogP contribution in [0.5, 0.6) is 5.75 Å². The Morgan fingerprint density at radius 1 is 1.43 bits per heavy atom. The van der Waals surface area contributed by atoms with Gasteiger partial charge in [-0.1, -0.05) is 12.1 Å². The minimum atomic E-state index is -0.344. The molecule has 122 valence electrons. The van der Waals surface area contributed by atoms with E-state index < -0.39 is 0 Å². The minimum absolute atomic E-state index is 0.0354. The van der Waals surface area contributed by atoms with Gasteiger partial charge >= 0.3 is 0 Å². The molecule has 23 heavy (non-hydrogen) atoms. The summed E-state index contributed by atoms with van der Waals surface area (Å²) in [4.78, 5) is 15.1. The van der Waals surface area contributed by atoms with Gasteiger partial charge in [-0.25, -0.2) is 0 Å². The van der Waals surface area contributed by atoms with Crippen LogP contribution in [0.3, 0.4) is 0 Å². The number of nitriles is 1. The number of rotatable bonds is 3. The molecule has 1 saturated heterocycles. The molecule has 2 fully saturated rings. The molecule has 0 N–H and O–H groups in total. The summed E-state index contributed by atoms with van der Waals surface area (Å²) in [6.07, 6.45) is 3.19. The standard InChI is InChI=1S/C18H22N2O3/c1-18(2)12-20(14-7-5-9-16(14)23-18)17(21)13-6-3-4-8-15(13)22-11-10-19/h3-4,6,8,14,16H,5,7,9,11-12H2,1-2H3/t14-,16-/m1/s1. The number of amides is 1. The molecule has 2 atom stereocenters. The molecule has 1 heterocycles. The highest BCUT2D eigenvalue weighted by Gasteiger charge is 2.45. The predicted molar refractivity (Wildman–Crippen MR) is 85.2 cm³/mol. The van der Waals surface area contributed by atoms with Gasteiger partial charge in [0, 0.05) is 6.54 Å². The maximum atomic E-state index is 13.1. The molecule has 0 unspecified atom stereocenters.